The fourth-order valence-electron chi connectivity index (χ4n) is 5.94. The highest BCUT2D eigenvalue weighted by Gasteiger charge is 2.48. The zero-order valence-electron chi connectivity index (χ0n) is 24.0. The first-order valence-corrected chi connectivity index (χ1v) is 14.9. The van der Waals surface area contributed by atoms with Crippen LogP contribution in [-0.4, -0.2) is 27.3 Å². The Hall–Kier alpha value is -3.70. The van der Waals surface area contributed by atoms with Crippen LogP contribution in [0.15, 0.2) is 77.6 Å². The van der Waals surface area contributed by atoms with Crippen LogP contribution in [-0.2, 0) is 35.0 Å². The number of rotatable bonds is 5. The van der Waals surface area contributed by atoms with E-state index in [1.54, 1.807) is 0 Å². The number of aromatic amines is 1. The van der Waals surface area contributed by atoms with Crippen molar-refractivity contribution < 1.29 is 4.79 Å². The largest absolute Gasteiger partial charge is 0.338 e. The molecule has 3 aromatic carbocycles. The molecular formula is C35H36ClN3O2. The van der Waals surface area contributed by atoms with E-state index in [-0.39, 0.29) is 28.8 Å². The van der Waals surface area contributed by atoms with Crippen molar-refractivity contribution >= 4 is 17.5 Å². The molecule has 1 amide bonds. The minimum atomic E-state index is -0.279. The summed E-state index contributed by atoms with van der Waals surface area (Å²) >= 11 is 6.27. The van der Waals surface area contributed by atoms with Crippen LogP contribution in [0.5, 0.6) is 0 Å². The fraction of sp³-hybridized carbons (Fsp3) is 0.343. The van der Waals surface area contributed by atoms with Gasteiger partial charge in [0.05, 0.1) is 29.6 Å². The van der Waals surface area contributed by atoms with Gasteiger partial charge in [-0.25, -0.2) is 4.98 Å². The van der Waals surface area contributed by atoms with Crippen molar-refractivity contribution in [2.45, 2.75) is 70.3 Å². The molecule has 1 aliphatic heterocycles. The van der Waals surface area contributed by atoms with Gasteiger partial charge in [-0.05, 0) is 71.0 Å². The Labute approximate surface area is 246 Å². The van der Waals surface area contributed by atoms with Gasteiger partial charge in [0.25, 0.3) is 5.56 Å². The van der Waals surface area contributed by atoms with Crippen molar-refractivity contribution in [3.63, 3.8) is 0 Å². The smallest absolute Gasteiger partial charge is 0.256 e. The van der Waals surface area contributed by atoms with Crippen molar-refractivity contribution in [1.29, 1.82) is 0 Å². The molecule has 0 spiro atoms. The number of carbonyl (C=O) groups is 1. The Bertz CT molecular complexity index is 1660. The second-order valence-electron chi connectivity index (χ2n) is 12.6. The monoisotopic (exact) mass is 565 g/mol. The van der Waals surface area contributed by atoms with Crippen LogP contribution < -0.4 is 5.56 Å². The van der Waals surface area contributed by atoms with E-state index in [0.29, 0.717) is 30.0 Å². The summed E-state index contributed by atoms with van der Waals surface area (Å²) in [5.41, 5.74) is 6.69. The lowest BCUT2D eigenvalue weighted by Gasteiger charge is -2.21. The molecule has 4 aromatic rings. The first-order chi connectivity index (χ1) is 19.6. The lowest BCUT2D eigenvalue weighted by Crippen LogP contribution is -2.34. The molecule has 1 saturated carbocycles. The van der Waals surface area contributed by atoms with Gasteiger partial charge in [-0.3, -0.25) is 9.59 Å². The third-order valence-electron chi connectivity index (χ3n) is 8.59. The summed E-state index contributed by atoms with van der Waals surface area (Å²) < 4.78 is 0. The number of aryl methyl sites for hydroxylation is 1. The minimum absolute atomic E-state index is 0.0270. The molecule has 2 aliphatic rings. The maximum Gasteiger partial charge on any atom is 0.256 e. The Kier molecular flexibility index (Phi) is 7.11. The molecule has 5 nitrogen and oxygen atoms in total. The van der Waals surface area contributed by atoms with E-state index in [9.17, 15) is 9.59 Å². The number of nitrogens with one attached hydrogen (secondary N) is 1. The lowest BCUT2D eigenvalue weighted by atomic mass is 9.86. The number of benzene rings is 3. The van der Waals surface area contributed by atoms with E-state index < -0.39 is 0 Å². The van der Waals surface area contributed by atoms with Crippen LogP contribution in [0.25, 0.3) is 11.1 Å². The molecule has 0 unspecified atom stereocenters. The second kappa shape index (κ2) is 10.6. The van der Waals surface area contributed by atoms with Gasteiger partial charge in [-0.15, -0.1) is 0 Å². The SMILES string of the molecule is CC(C)(C)c1ccc(-c2cccc(CC(=O)N3CCCc4nc(C5(c6cccc(Cl)c6)CC5)[nH]c(=O)c4C3)c2)cc1. The highest BCUT2D eigenvalue weighted by Crippen LogP contribution is 2.52. The first-order valence-electron chi connectivity index (χ1n) is 14.5. The quantitative estimate of drug-likeness (QED) is 0.284. The molecule has 210 valence electrons. The van der Waals surface area contributed by atoms with Gasteiger partial charge in [0.2, 0.25) is 5.91 Å². The van der Waals surface area contributed by atoms with Crippen molar-refractivity contribution in [2.75, 3.05) is 6.54 Å². The highest BCUT2D eigenvalue weighted by molar-refractivity contribution is 6.30. The molecule has 1 N–H and O–H groups in total. The van der Waals surface area contributed by atoms with Crippen LogP contribution in [0.1, 0.15) is 73.8 Å². The predicted octanol–water partition coefficient (Wildman–Crippen LogP) is 6.99. The van der Waals surface area contributed by atoms with Crippen LogP contribution in [0.4, 0.5) is 0 Å². The van der Waals surface area contributed by atoms with Gasteiger partial charge < -0.3 is 9.88 Å². The van der Waals surface area contributed by atoms with Crippen molar-refractivity contribution in [1.82, 2.24) is 14.9 Å². The number of carbonyl (C=O) groups excluding carboxylic acids is 1. The Morgan fingerprint density at radius 2 is 1.76 bits per heavy atom. The van der Waals surface area contributed by atoms with E-state index in [0.717, 1.165) is 53.0 Å². The molecule has 6 heteroatoms. The summed E-state index contributed by atoms with van der Waals surface area (Å²) in [4.78, 5) is 36.7. The maximum atomic E-state index is 13.5. The molecule has 1 aliphatic carbocycles. The standard InChI is InChI=1S/C35H36ClN3O2/c1-34(2,3)26-14-12-24(13-15-26)25-8-4-7-23(19-25)20-31(40)39-18-6-11-30-29(22-39)32(41)38-33(37-30)35(16-17-35)27-9-5-10-28(36)21-27/h4-5,7-10,12-15,19,21H,6,11,16-18,20,22H2,1-3H3,(H,37,38,41). The number of aromatic nitrogens is 2. The van der Waals surface area contributed by atoms with E-state index in [2.05, 4.69) is 68.2 Å². The Morgan fingerprint density at radius 3 is 2.46 bits per heavy atom. The van der Waals surface area contributed by atoms with Gasteiger partial charge in [0.1, 0.15) is 5.82 Å². The molecule has 0 atom stereocenters. The maximum absolute atomic E-state index is 13.5. The van der Waals surface area contributed by atoms with Gasteiger partial charge in [-0.1, -0.05) is 93.0 Å². The van der Waals surface area contributed by atoms with E-state index in [1.165, 1.54) is 5.56 Å². The molecule has 6 rings (SSSR count). The number of halogens is 1. The second-order valence-corrected chi connectivity index (χ2v) is 13.0. The van der Waals surface area contributed by atoms with Crippen molar-refractivity contribution in [3.8, 4) is 11.1 Å². The molecule has 0 saturated heterocycles. The zero-order chi connectivity index (χ0) is 28.8. The summed E-state index contributed by atoms with van der Waals surface area (Å²) in [6.45, 7) is 7.53. The molecule has 41 heavy (non-hydrogen) atoms. The zero-order valence-corrected chi connectivity index (χ0v) is 24.7. The number of hydrogen-bond donors (Lipinski definition) is 1. The first kappa shape index (κ1) is 27.5. The van der Waals surface area contributed by atoms with Gasteiger partial charge in [0, 0.05) is 11.6 Å². The number of H-pyrrole nitrogens is 1. The normalized spacial score (nSPS) is 16.1. The topological polar surface area (TPSA) is 66.1 Å². The van der Waals surface area contributed by atoms with Gasteiger partial charge >= 0.3 is 0 Å². The summed E-state index contributed by atoms with van der Waals surface area (Å²) in [6, 6.07) is 24.7. The number of nitrogens with zero attached hydrogens (tertiary/aromatic N) is 2. The number of fused-ring (bicyclic) bond motifs is 1. The molecule has 0 radical (unpaired) electrons. The molecule has 1 aromatic heterocycles. The van der Waals surface area contributed by atoms with Crippen LogP contribution >= 0.6 is 11.6 Å². The van der Waals surface area contributed by atoms with Crippen LogP contribution in [0.2, 0.25) is 5.02 Å². The minimum Gasteiger partial charge on any atom is -0.338 e. The average molecular weight is 566 g/mol. The third kappa shape index (κ3) is 5.60. The van der Waals surface area contributed by atoms with Crippen molar-refractivity contribution in [3.05, 3.63) is 122 Å². The van der Waals surface area contributed by atoms with Crippen molar-refractivity contribution in [2.24, 2.45) is 0 Å². The Morgan fingerprint density at radius 1 is 1.00 bits per heavy atom. The fourth-order valence-corrected chi connectivity index (χ4v) is 6.13. The average Bonchev–Trinajstić information content (AvgIpc) is 3.77. The molecular weight excluding hydrogens is 530 g/mol. The van der Waals surface area contributed by atoms with Crippen LogP contribution in [0, 0.1) is 0 Å². The highest BCUT2D eigenvalue weighted by atomic mass is 35.5. The predicted molar refractivity (Wildman–Crippen MR) is 164 cm³/mol. The summed E-state index contributed by atoms with van der Waals surface area (Å²) in [5.74, 6) is 0.745. The Balaban J connectivity index is 1.19. The summed E-state index contributed by atoms with van der Waals surface area (Å²) in [6.07, 6.45) is 3.62. The number of amides is 1. The van der Waals surface area contributed by atoms with Gasteiger partial charge in [0.15, 0.2) is 0 Å². The van der Waals surface area contributed by atoms with E-state index in [4.69, 9.17) is 16.6 Å². The third-order valence-corrected chi connectivity index (χ3v) is 8.83. The molecule has 0 bridgehead atoms. The summed E-state index contributed by atoms with van der Waals surface area (Å²) in [7, 11) is 0. The van der Waals surface area contributed by atoms with E-state index >= 15 is 0 Å². The molecule has 1 fully saturated rings. The van der Waals surface area contributed by atoms with E-state index in [1.807, 2.05) is 35.2 Å². The number of hydrogen-bond acceptors (Lipinski definition) is 3. The lowest BCUT2D eigenvalue weighted by molar-refractivity contribution is -0.131. The summed E-state index contributed by atoms with van der Waals surface area (Å²) in [5, 5.41) is 0.684. The van der Waals surface area contributed by atoms with Crippen LogP contribution in [0.3, 0.4) is 0 Å². The van der Waals surface area contributed by atoms with Gasteiger partial charge in [-0.2, -0.15) is 0 Å². The molecule has 2 heterocycles.